The number of allylic oxidation sites excluding steroid dienone is 1. The van der Waals surface area contributed by atoms with E-state index in [0.717, 1.165) is 24.3 Å². The lowest BCUT2D eigenvalue weighted by molar-refractivity contribution is -0.138. The molecule has 6 heteroatoms. The third kappa shape index (κ3) is 4.63. The Morgan fingerprint density at radius 2 is 1.12 bits per heavy atom. The van der Waals surface area contributed by atoms with Gasteiger partial charge in [-0.05, 0) is 41.3 Å². The quantitative estimate of drug-likeness (QED) is 0.555. The summed E-state index contributed by atoms with van der Waals surface area (Å²) in [5, 5.41) is 0. The fourth-order valence-electron chi connectivity index (χ4n) is 2.13. The number of hydrogen-bond acceptors (Lipinski definition) is 0. The SMILES string of the molecule is CC(/C=C/c1ccc(C(F)(F)F)cc1)c1ccc(C(F)(F)F)cc1. The molecule has 0 aliphatic heterocycles. The molecule has 2 aromatic rings. The van der Waals surface area contributed by atoms with Crippen LogP contribution in [0.4, 0.5) is 26.3 Å². The molecule has 0 aromatic heterocycles. The van der Waals surface area contributed by atoms with Gasteiger partial charge in [-0.3, -0.25) is 0 Å². The molecule has 1 unspecified atom stereocenters. The van der Waals surface area contributed by atoms with Crippen molar-refractivity contribution in [3.8, 4) is 0 Å². The Balaban J connectivity index is 2.08. The second-order valence-electron chi connectivity index (χ2n) is 5.39. The zero-order valence-electron chi connectivity index (χ0n) is 12.6. The van der Waals surface area contributed by atoms with E-state index < -0.39 is 23.5 Å². The number of halogens is 6. The van der Waals surface area contributed by atoms with Crippen molar-refractivity contribution in [1.82, 2.24) is 0 Å². The predicted octanol–water partition coefficient (Wildman–Crippen LogP) is 6.54. The van der Waals surface area contributed by atoms with Gasteiger partial charge in [-0.1, -0.05) is 43.3 Å². The standard InChI is InChI=1S/C18H14F6/c1-12(14-6-10-16(11-7-14)18(22,23)24)2-3-13-4-8-15(9-5-13)17(19,20)21/h2-12H,1H3/b3-2+. The molecule has 24 heavy (non-hydrogen) atoms. The summed E-state index contributed by atoms with van der Waals surface area (Å²) in [6, 6.07) is 9.48. The first-order chi connectivity index (χ1) is 11.1. The zero-order chi connectivity index (χ0) is 18.0. The molecular weight excluding hydrogens is 330 g/mol. The number of benzene rings is 2. The van der Waals surface area contributed by atoms with E-state index >= 15 is 0 Å². The molecule has 0 saturated carbocycles. The Morgan fingerprint density at radius 1 is 0.708 bits per heavy atom. The predicted molar refractivity (Wildman–Crippen MR) is 80.3 cm³/mol. The Morgan fingerprint density at radius 3 is 1.54 bits per heavy atom. The molecular formula is C18H14F6. The second kappa shape index (κ2) is 6.71. The number of alkyl halides is 6. The van der Waals surface area contributed by atoms with Crippen molar-refractivity contribution in [3.05, 3.63) is 76.9 Å². The van der Waals surface area contributed by atoms with Crippen LogP contribution in [0.25, 0.3) is 6.08 Å². The Kier molecular flexibility index (Phi) is 5.06. The lowest BCUT2D eigenvalue weighted by atomic mass is 9.98. The van der Waals surface area contributed by atoms with Gasteiger partial charge < -0.3 is 0 Å². The van der Waals surface area contributed by atoms with E-state index in [1.165, 1.54) is 24.3 Å². The van der Waals surface area contributed by atoms with Crippen molar-refractivity contribution in [2.75, 3.05) is 0 Å². The van der Waals surface area contributed by atoms with Crippen LogP contribution in [0.5, 0.6) is 0 Å². The summed E-state index contributed by atoms with van der Waals surface area (Å²) in [6.45, 7) is 1.79. The molecule has 1 atom stereocenters. The first-order valence-electron chi connectivity index (χ1n) is 7.10. The molecule has 0 heterocycles. The van der Waals surface area contributed by atoms with Crippen LogP contribution in [-0.2, 0) is 12.4 Å². The largest absolute Gasteiger partial charge is 0.416 e. The Hall–Kier alpha value is -2.24. The fourth-order valence-corrected chi connectivity index (χ4v) is 2.13. The maximum Gasteiger partial charge on any atom is 0.416 e. The highest BCUT2D eigenvalue weighted by Gasteiger charge is 2.30. The molecule has 2 aromatic carbocycles. The molecule has 0 fully saturated rings. The molecule has 0 radical (unpaired) electrons. The third-order valence-electron chi connectivity index (χ3n) is 3.58. The van der Waals surface area contributed by atoms with Gasteiger partial charge in [0.2, 0.25) is 0 Å². The van der Waals surface area contributed by atoms with Gasteiger partial charge >= 0.3 is 12.4 Å². The second-order valence-corrected chi connectivity index (χ2v) is 5.39. The van der Waals surface area contributed by atoms with E-state index in [4.69, 9.17) is 0 Å². The lowest BCUT2D eigenvalue weighted by Crippen LogP contribution is -2.04. The molecule has 0 spiro atoms. The highest BCUT2D eigenvalue weighted by Crippen LogP contribution is 2.31. The summed E-state index contributed by atoms with van der Waals surface area (Å²) < 4.78 is 75.0. The van der Waals surface area contributed by atoms with Crippen molar-refractivity contribution >= 4 is 6.08 Å². The maximum atomic E-state index is 12.5. The van der Waals surface area contributed by atoms with E-state index in [2.05, 4.69) is 0 Å². The minimum Gasteiger partial charge on any atom is -0.166 e. The molecule has 0 bridgehead atoms. The summed E-state index contributed by atoms with van der Waals surface area (Å²) in [7, 11) is 0. The van der Waals surface area contributed by atoms with Crippen LogP contribution in [0, 0.1) is 0 Å². The van der Waals surface area contributed by atoms with Crippen LogP contribution in [-0.4, -0.2) is 0 Å². The first kappa shape index (κ1) is 18.1. The van der Waals surface area contributed by atoms with Crippen molar-refractivity contribution < 1.29 is 26.3 Å². The van der Waals surface area contributed by atoms with Crippen LogP contribution >= 0.6 is 0 Å². The van der Waals surface area contributed by atoms with E-state index in [1.54, 1.807) is 19.1 Å². The van der Waals surface area contributed by atoms with E-state index in [9.17, 15) is 26.3 Å². The average molecular weight is 344 g/mol. The van der Waals surface area contributed by atoms with Crippen molar-refractivity contribution in [3.63, 3.8) is 0 Å². The summed E-state index contributed by atoms with van der Waals surface area (Å²) in [5.41, 5.74) is -0.173. The normalized spacial score (nSPS) is 14.1. The van der Waals surface area contributed by atoms with Crippen LogP contribution in [0.2, 0.25) is 0 Å². The Bertz CT molecular complexity index is 690. The third-order valence-corrected chi connectivity index (χ3v) is 3.58. The molecule has 0 N–H and O–H groups in total. The monoisotopic (exact) mass is 344 g/mol. The van der Waals surface area contributed by atoms with Gasteiger partial charge in [0.15, 0.2) is 0 Å². The molecule has 0 saturated heterocycles. The molecule has 0 aliphatic carbocycles. The van der Waals surface area contributed by atoms with Gasteiger partial charge in [-0.25, -0.2) is 0 Å². The zero-order valence-corrected chi connectivity index (χ0v) is 12.6. The van der Waals surface area contributed by atoms with Gasteiger partial charge in [0, 0.05) is 0 Å². The molecule has 0 amide bonds. The van der Waals surface area contributed by atoms with Crippen LogP contribution in [0.1, 0.15) is 35.1 Å². The molecule has 0 nitrogen and oxygen atoms in total. The summed E-state index contributed by atoms with van der Waals surface area (Å²) in [6.07, 6.45) is -5.39. The van der Waals surface area contributed by atoms with Crippen LogP contribution in [0.3, 0.4) is 0 Å². The summed E-state index contributed by atoms with van der Waals surface area (Å²) in [5.74, 6) is -0.172. The topological polar surface area (TPSA) is 0 Å². The summed E-state index contributed by atoms with van der Waals surface area (Å²) >= 11 is 0. The van der Waals surface area contributed by atoms with Crippen molar-refractivity contribution in [1.29, 1.82) is 0 Å². The van der Waals surface area contributed by atoms with Crippen LogP contribution < -0.4 is 0 Å². The van der Waals surface area contributed by atoms with Crippen molar-refractivity contribution in [2.24, 2.45) is 0 Å². The first-order valence-corrected chi connectivity index (χ1v) is 7.10. The fraction of sp³-hybridized carbons (Fsp3) is 0.222. The minimum absolute atomic E-state index is 0.172. The molecule has 128 valence electrons. The smallest absolute Gasteiger partial charge is 0.166 e. The lowest BCUT2D eigenvalue weighted by Gasteiger charge is -2.10. The number of rotatable bonds is 3. The highest BCUT2D eigenvalue weighted by molar-refractivity contribution is 5.51. The van der Waals surface area contributed by atoms with E-state index in [0.29, 0.717) is 11.1 Å². The van der Waals surface area contributed by atoms with Gasteiger partial charge in [0.25, 0.3) is 0 Å². The van der Waals surface area contributed by atoms with E-state index in [-0.39, 0.29) is 5.92 Å². The average Bonchev–Trinajstić information content (AvgIpc) is 2.51. The van der Waals surface area contributed by atoms with Crippen molar-refractivity contribution in [2.45, 2.75) is 25.2 Å². The maximum absolute atomic E-state index is 12.5. The minimum atomic E-state index is -4.38. The van der Waals surface area contributed by atoms with Gasteiger partial charge in [-0.2, -0.15) is 26.3 Å². The Labute approximate surface area is 135 Å². The molecule has 2 rings (SSSR count). The number of hydrogen-bond donors (Lipinski definition) is 0. The van der Waals surface area contributed by atoms with Gasteiger partial charge in [-0.15, -0.1) is 0 Å². The van der Waals surface area contributed by atoms with Gasteiger partial charge in [0.1, 0.15) is 0 Å². The molecule has 0 aliphatic rings. The van der Waals surface area contributed by atoms with E-state index in [1.807, 2.05) is 0 Å². The van der Waals surface area contributed by atoms with Gasteiger partial charge in [0.05, 0.1) is 11.1 Å². The summed E-state index contributed by atoms with van der Waals surface area (Å²) in [4.78, 5) is 0. The highest BCUT2D eigenvalue weighted by atomic mass is 19.4. The van der Waals surface area contributed by atoms with Crippen LogP contribution in [0.15, 0.2) is 54.6 Å².